The number of aliphatic imine (C=N–C) groups is 1. The first-order chi connectivity index (χ1) is 17.6. The van der Waals surface area contributed by atoms with Crippen LogP contribution in [0.3, 0.4) is 0 Å². The van der Waals surface area contributed by atoms with Crippen molar-refractivity contribution < 1.29 is 27.8 Å². The summed E-state index contributed by atoms with van der Waals surface area (Å²) in [7, 11) is 0. The van der Waals surface area contributed by atoms with Crippen LogP contribution in [0.4, 0.5) is 13.2 Å². The quantitative estimate of drug-likeness (QED) is 0.0678. The number of ether oxygens (including phenoxy) is 1. The van der Waals surface area contributed by atoms with E-state index in [2.05, 4.69) is 37.6 Å². The first-order valence-electron chi connectivity index (χ1n) is 11.5. The van der Waals surface area contributed by atoms with Crippen molar-refractivity contribution >= 4 is 34.5 Å². The van der Waals surface area contributed by atoms with E-state index < -0.39 is 18.6 Å². The smallest absolute Gasteiger partial charge is 0.392 e. The zero-order valence-corrected chi connectivity index (χ0v) is 23.4. The lowest BCUT2D eigenvalue weighted by atomic mass is 10.0. The molecule has 0 aromatic heterocycles. The number of allylic oxidation sites excluding steroid dienone is 3. The summed E-state index contributed by atoms with van der Waals surface area (Å²) in [6, 6.07) is 3.77. The van der Waals surface area contributed by atoms with Gasteiger partial charge in [0.15, 0.2) is 6.61 Å². The van der Waals surface area contributed by atoms with Crippen LogP contribution in [-0.2, 0) is 11.2 Å². The van der Waals surface area contributed by atoms with Gasteiger partial charge in [-0.15, -0.1) is 49.2 Å². The minimum Gasteiger partial charge on any atom is -0.482 e. The van der Waals surface area contributed by atoms with E-state index in [-0.39, 0.29) is 6.61 Å². The number of carbonyl (C=O) groups is 1. The Labute approximate surface area is 228 Å². The number of carboxylic acids is 1. The number of rotatable bonds is 13. The molecule has 0 saturated carbocycles. The van der Waals surface area contributed by atoms with Gasteiger partial charge in [-0.1, -0.05) is 31.6 Å². The van der Waals surface area contributed by atoms with Crippen molar-refractivity contribution in [2.75, 3.05) is 24.7 Å². The van der Waals surface area contributed by atoms with E-state index in [9.17, 15) is 18.0 Å². The minimum absolute atomic E-state index is 0.372. The van der Waals surface area contributed by atoms with E-state index >= 15 is 0 Å². The molecule has 0 aliphatic rings. The van der Waals surface area contributed by atoms with Gasteiger partial charge < -0.3 is 9.84 Å². The lowest BCUT2D eigenvalue weighted by Gasteiger charge is -2.16. The molecule has 0 aliphatic heterocycles. The largest absolute Gasteiger partial charge is 0.482 e. The SMILES string of the molecule is C#C.C#C.C/C=C(\C=C/CC(F)(F)F)C(=NCC)SCCSc1ccc(OCC(=O)O)c(CCC)c1C. The van der Waals surface area contributed by atoms with Crippen LogP contribution in [0.5, 0.6) is 5.75 Å². The normalized spacial score (nSPS) is 11.8. The summed E-state index contributed by atoms with van der Waals surface area (Å²) in [6.45, 7) is 7.95. The summed E-state index contributed by atoms with van der Waals surface area (Å²) >= 11 is 3.22. The summed E-state index contributed by atoms with van der Waals surface area (Å²) in [5.74, 6) is 1.13. The topological polar surface area (TPSA) is 58.9 Å². The molecule has 1 N–H and O–H groups in total. The van der Waals surface area contributed by atoms with E-state index in [4.69, 9.17) is 9.84 Å². The van der Waals surface area contributed by atoms with E-state index in [0.29, 0.717) is 17.9 Å². The maximum Gasteiger partial charge on any atom is 0.392 e. The third kappa shape index (κ3) is 15.9. The van der Waals surface area contributed by atoms with Crippen molar-refractivity contribution in [2.45, 2.75) is 58.0 Å². The van der Waals surface area contributed by atoms with Crippen LogP contribution in [0, 0.1) is 32.6 Å². The molecule has 0 saturated heterocycles. The molecule has 37 heavy (non-hydrogen) atoms. The summed E-state index contributed by atoms with van der Waals surface area (Å²) in [5.41, 5.74) is 2.80. The molecular weight excluding hydrogens is 519 g/mol. The Kier molecular flexibility index (Phi) is 21.0. The van der Waals surface area contributed by atoms with Gasteiger partial charge in [0.25, 0.3) is 0 Å². The van der Waals surface area contributed by atoms with Gasteiger partial charge in [0.05, 0.1) is 11.5 Å². The van der Waals surface area contributed by atoms with Gasteiger partial charge in [-0.3, -0.25) is 4.99 Å². The van der Waals surface area contributed by atoms with Crippen LogP contribution in [-0.4, -0.2) is 47.0 Å². The summed E-state index contributed by atoms with van der Waals surface area (Å²) in [5, 5.41) is 9.62. The van der Waals surface area contributed by atoms with Crippen LogP contribution in [0.1, 0.15) is 44.7 Å². The third-order valence-electron chi connectivity index (χ3n) is 4.44. The molecule has 1 rings (SSSR count). The minimum atomic E-state index is -4.22. The highest BCUT2D eigenvalue weighted by Crippen LogP contribution is 2.33. The zero-order valence-electron chi connectivity index (χ0n) is 21.8. The average Bonchev–Trinajstić information content (AvgIpc) is 2.87. The third-order valence-corrected chi connectivity index (χ3v) is 6.91. The summed E-state index contributed by atoms with van der Waals surface area (Å²) in [4.78, 5) is 16.4. The van der Waals surface area contributed by atoms with E-state index in [1.807, 2.05) is 26.0 Å². The molecule has 0 atom stereocenters. The Morgan fingerprint density at radius 1 is 1.16 bits per heavy atom. The van der Waals surface area contributed by atoms with Crippen LogP contribution < -0.4 is 4.74 Å². The van der Waals surface area contributed by atoms with Gasteiger partial charge in [0, 0.05) is 28.5 Å². The van der Waals surface area contributed by atoms with Crippen molar-refractivity contribution in [3.05, 3.63) is 47.1 Å². The van der Waals surface area contributed by atoms with Crippen molar-refractivity contribution in [2.24, 2.45) is 4.99 Å². The number of thioether (sulfide) groups is 2. The van der Waals surface area contributed by atoms with E-state index in [1.54, 1.807) is 24.8 Å². The fourth-order valence-electron chi connectivity index (χ4n) is 2.97. The lowest BCUT2D eigenvalue weighted by Crippen LogP contribution is -2.11. The monoisotopic (exact) mass is 555 g/mol. The van der Waals surface area contributed by atoms with E-state index in [1.165, 1.54) is 17.8 Å². The predicted molar refractivity (Wildman–Crippen MR) is 153 cm³/mol. The van der Waals surface area contributed by atoms with E-state index in [0.717, 1.165) is 51.5 Å². The van der Waals surface area contributed by atoms with Gasteiger partial charge in [-0.25, -0.2) is 4.79 Å². The standard InChI is InChI=1S/C24H32F3NO3S2.2C2H2/c1-5-9-19-17(4)21(12-11-20(19)31-16-22(29)30)32-14-15-33-23(28-7-3)18(6-2)10-8-13-24(25,26)27;2*1-2/h6,8,10-12H,5,7,9,13-16H2,1-4H3,(H,29,30);2*1-2H/b10-8-,18-6+,28-23?;;. The average molecular weight is 556 g/mol. The second-order valence-electron chi connectivity index (χ2n) is 7.04. The predicted octanol–water partition coefficient (Wildman–Crippen LogP) is 7.61. The molecular formula is C28H36F3NO3S2. The van der Waals surface area contributed by atoms with Crippen LogP contribution in [0.25, 0.3) is 0 Å². The second kappa shape index (κ2) is 21.3. The number of terminal acetylenes is 2. The maximum atomic E-state index is 12.4. The first kappa shape index (κ1) is 36.4. The van der Waals surface area contributed by atoms with Gasteiger partial charge in [-0.2, -0.15) is 13.2 Å². The Morgan fingerprint density at radius 2 is 1.81 bits per heavy atom. The van der Waals surface area contributed by atoms with Crippen molar-refractivity contribution in [3.63, 3.8) is 0 Å². The highest BCUT2D eigenvalue weighted by Gasteiger charge is 2.24. The highest BCUT2D eigenvalue weighted by molar-refractivity contribution is 8.15. The maximum absolute atomic E-state index is 12.4. The molecule has 0 spiro atoms. The number of hydrogen-bond donors (Lipinski definition) is 1. The number of carboxylic acid groups (broad SMARTS) is 1. The molecule has 0 radical (unpaired) electrons. The van der Waals surface area contributed by atoms with Gasteiger partial charge >= 0.3 is 12.1 Å². The summed E-state index contributed by atoms with van der Waals surface area (Å²) < 4.78 is 42.8. The number of aliphatic carboxylic acids is 1. The van der Waals surface area contributed by atoms with Crippen LogP contribution >= 0.6 is 23.5 Å². The molecule has 204 valence electrons. The molecule has 4 nitrogen and oxygen atoms in total. The van der Waals surface area contributed by atoms with Crippen molar-refractivity contribution in [3.8, 4) is 31.4 Å². The second-order valence-corrected chi connectivity index (χ2v) is 9.26. The number of nitrogens with zero attached hydrogens (tertiary/aromatic N) is 1. The molecule has 0 unspecified atom stereocenters. The summed E-state index contributed by atoms with van der Waals surface area (Å²) in [6.07, 6.45) is 16.9. The molecule has 1 aromatic carbocycles. The molecule has 0 fully saturated rings. The van der Waals surface area contributed by atoms with Gasteiger partial charge in [0.2, 0.25) is 0 Å². The molecule has 9 heteroatoms. The van der Waals surface area contributed by atoms with Gasteiger partial charge in [0.1, 0.15) is 5.75 Å². The van der Waals surface area contributed by atoms with Crippen molar-refractivity contribution in [1.29, 1.82) is 0 Å². The van der Waals surface area contributed by atoms with Crippen molar-refractivity contribution in [1.82, 2.24) is 0 Å². The number of benzene rings is 1. The van der Waals surface area contributed by atoms with Crippen LogP contribution in [0.15, 0.2) is 45.8 Å². The number of halogens is 3. The first-order valence-corrected chi connectivity index (χ1v) is 13.4. The molecule has 0 amide bonds. The fraction of sp³-hybridized carbons (Fsp3) is 0.429. The Hall–Kier alpha value is -2.75. The fourth-order valence-corrected chi connectivity index (χ4v) is 5.12. The lowest BCUT2D eigenvalue weighted by molar-refractivity contribution is -0.139. The number of hydrogen-bond acceptors (Lipinski definition) is 5. The Morgan fingerprint density at radius 3 is 2.32 bits per heavy atom. The molecule has 0 heterocycles. The highest BCUT2D eigenvalue weighted by atomic mass is 32.2. The van der Waals surface area contributed by atoms with Gasteiger partial charge in [-0.05, 0) is 50.5 Å². The molecule has 0 aliphatic carbocycles. The Bertz CT molecular complexity index is 943. The Balaban J connectivity index is 0. The zero-order chi connectivity index (χ0) is 28.9. The molecule has 0 bridgehead atoms. The van der Waals surface area contributed by atoms with Crippen LogP contribution in [0.2, 0.25) is 0 Å². The molecule has 1 aromatic rings. The number of alkyl halides is 3.